The summed E-state index contributed by atoms with van der Waals surface area (Å²) in [6, 6.07) is 0. The van der Waals surface area contributed by atoms with Crippen LogP contribution in [0.2, 0.25) is 8.87 Å². The number of carbonyl (C=O) groups is 2. The summed E-state index contributed by atoms with van der Waals surface area (Å²) in [5.41, 5.74) is 0. The predicted molar refractivity (Wildman–Crippen MR) is 69.9 cm³/mol. The maximum atomic E-state index is 11.1. The normalized spacial score (nSPS) is 11.8. The van der Waals surface area contributed by atoms with Gasteiger partial charge in [0.05, 0.1) is 0 Å². The van der Waals surface area contributed by atoms with Crippen LogP contribution in [0.25, 0.3) is 0 Å². The summed E-state index contributed by atoms with van der Waals surface area (Å²) in [7, 11) is 0. The molecule has 0 bridgehead atoms. The zero-order valence-electron chi connectivity index (χ0n) is 10.6. The minimum atomic E-state index is -2.38. The molecule has 0 spiro atoms. The van der Waals surface area contributed by atoms with Gasteiger partial charge in [0.2, 0.25) is 0 Å². The molecule has 0 aliphatic heterocycles. The molecule has 0 aromatic heterocycles. The minimum absolute atomic E-state index is 0.251. The second-order valence-electron chi connectivity index (χ2n) is 4.22. The predicted octanol–water partition coefficient (Wildman–Crippen LogP) is 2.45. The standard InChI is InChI=1S/C4H3O4.2C4H9.Sn.H/c5-3(6)1-2-4(7)8;2*1-3-4-2;;/h1H,(H,5,6)(H,7,8);2*1,3-4H2,2H3;;. The van der Waals surface area contributed by atoms with Crippen LogP contribution in [-0.2, 0) is 9.59 Å². The van der Waals surface area contributed by atoms with Gasteiger partial charge in [0.25, 0.3) is 0 Å². The fourth-order valence-corrected chi connectivity index (χ4v) is 11.7. The summed E-state index contributed by atoms with van der Waals surface area (Å²) in [5, 5.41) is 17.8. The van der Waals surface area contributed by atoms with Gasteiger partial charge in [0.15, 0.2) is 0 Å². The number of hydrogen-bond acceptors (Lipinski definition) is 2. The number of carboxylic acid groups (broad SMARTS) is 2. The van der Waals surface area contributed by atoms with Gasteiger partial charge in [0.1, 0.15) is 0 Å². The van der Waals surface area contributed by atoms with E-state index in [0.29, 0.717) is 0 Å². The molecule has 0 saturated heterocycles. The molecule has 0 unspecified atom stereocenters. The molecule has 0 heterocycles. The molecule has 0 radical (unpaired) electrons. The first-order valence-corrected chi connectivity index (χ1v) is 12.5. The van der Waals surface area contributed by atoms with E-state index < -0.39 is 31.7 Å². The summed E-state index contributed by atoms with van der Waals surface area (Å²) in [6.07, 6.45) is 5.07. The van der Waals surface area contributed by atoms with E-state index in [4.69, 9.17) is 10.2 Å². The molecular weight excluding hydrogens is 327 g/mol. The van der Waals surface area contributed by atoms with Crippen molar-refractivity contribution in [3.05, 3.63) is 9.67 Å². The van der Waals surface area contributed by atoms with Crippen molar-refractivity contribution >= 4 is 31.7 Å². The van der Waals surface area contributed by atoms with Crippen molar-refractivity contribution in [2.75, 3.05) is 0 Å². The number of rotatable bonds is 9. The topological polar surface area (TPSA) is 74.6 Å². The first kappa shape index (κ1) is 16.5. The van der Waals surface area contributed by atoms with Crippen LogP contribution in [0.5, 0.6) is 0 Å². The Hall–Kier alpha value is -0.521. The summed E-state index contributed by atoms with van der Waals surface area (Å²) in [5.74, 6) is -2.14. The summed E-state index contributed by atoms with van der Waals surface area (Å²) in [6.45, 7) is 4.15. The van der Waals surface area contributed by atoms with Gasteiger partial charge in [0, 0.05) is 0 Å². The van der Waals surface area contributed by atoms with Gasteiger partial charge in [-0.1, -0.05) is 0 Å². The van der Waals surface area contributed by atoms with Crippen molar-refractivity contribution in [3.63, 3.8) is 0 Å². The van der Waals surface area contributed by atoms with Crippen molar-refractivity contribution in [2.45, 2.75) is 48.4 Å². The summed E-state index contributed by atoms with van der Waals surface area (Å²) >= 11 is -2.38. The van der Waals surface area contributed by atoms with Crippen molar-refractivity contribution in [3.8, 4) is 0 Å². The van der Waals surface area contributed by atoms with Crippen LogP contribution in [-0.4, -0.2) is 41.9 Å². The number of hydrogen-bond donors (Lipinski definition) is 2. The van der Waals surface area contributed by atoms with Crippen LogP contribution in [0.3, 0.4) is 0 Å². The van der Waals surface area contributed by atoms with Crippen molar-refractivity contribution in [2.24, 2.45) is 0 Å². The second kappa shape index (κ2) is 9.50. The molecule has 4 nitrogen and oxygen atoms in total. The molecule has 0 aromatic carbocycles. The third-order valence-electron chi connectivity index (χ3n) is 2.78. The first-order chi connectivity index (χ1) is 8.02. The molecule has 0 rings (SSSR count). The van der Waals surface area contributed by atoms with Crippen LogP contribution in [0.4, 0.5) is 0 Å². The summed E-state index contributed by atoms with van der Waals surface area (Å²) in [4.78, 5) is 21.8. The Balaban J connectivity index is 4.79. The van der Waals surface area contributed by atoms with Gasteiger partial charge in [-0.15, -0.1) is 0 Å². The fraction of sp³-hybridized carbons (Fsp3) is 0.667. The van der Waals surface area contributed by atoms with E-state index in [1.807, 2.05) is 0 Å². The zero-order valence-corrected chi connectivity index (χ0v) is 13.9. The van der Waals surface area contributed by atoms with Crippen molar-refractivity contribution in [1.82, 2.24) is 0 Å². The van der Waals surface area contributed by atoms with Gasteiger partial charge < -0.3 is 0 Å². The van der Waals surface area contributed by atoms with Gasteiger partial charge in [-0.2, -0.15) is 0 Å². The maximum absolute atomic E-state index is 11.1. The van der Waals surface area contributed by atoms with E-state index >= 15 is 0 Å². The molecule has 0 aliphatic carbocycles. The molecule has 0 atom stereocenters. The van der Waals surface area contributed by atoms with Gasteiger partial charge in [-0.05, 0) is 0 Å². The molecule has 98 valence electrons. The van der Waals surface area contributed by atoms with E-state index in [1.165, 1.54) is 0 Å². The van der Waals surface area contributed by atoms with E-state index in [-0.39, 0.29) is 3.59 Å². The second-order valence-corrected chi connectivity index (χ2v) is 13.3. The molecule has 0 aromatic rings. The van der Waals surface area contributed by atoms with E-state index in [9.17, 15) is 9.59 Å². The van der Waals surface area contributed by atoms with Gasteiger partial charge in [-0.25, -0.2) is 0 Å². The Morgan fingerprint density at radius 2 is 1.53 bits per heavy atom. The Labute approximate surface area is 109 Å². The Morgan fingerprint density at radius 3 is 1.82 bits per heavy atom. The van der Waals surface area contributed by atoms with Crippen LogP contribution < -0.4 is 0 Å². The molecule has 0 aliphatic rings. The summed E-state index contributed by atoms with van der Waals surface area (Å²) < 4.78 is 2.17. The molecule has 0 fully saturated rings. The van der Waals surface area contributed by atoms with Crippen molar-refractivity contribution < 1.29 is 19.8 Å². The third-order valence-corrected chi connectivity index (χ3v) is 12.8. The molecule has 0 amide bonds. The van der Waals surface area contributed by atoms with Crippen LogP contribution in [0, 0.1) is 0 Å². The number of aliphatic carboxylic acids is 2. The fourth-order valence-electron chi connectivity index (χ4n) is 1.84. The Kier molecular flexibility index (Phi) is 9.21. The van der Waals surface area contributed by atoms with E-state index in [1.54, 1.807) is 0 Å². The van der Waals surface area contributed by atoms with Gasteiger partial charge >= 0.3 is 110 Å². The zero-order chi connectivity index (χ0) is 13.3. The number of carboxylic acids is 2. The molecule has 5 heteroatoms. The number of unbranched alkanes of at least 4 members (excludes halogenated alkanes) is 2. The Bertz CT molecular complexity index is 278. The first-order valence-electron chi connectivity index (χ1n) is 6.20. The molecule has 0 saturated carbocycles. The monoisotopic (exact) mass is 350 g/mol. The van der Waals surface area contributed by atoms with E-state index in [0.717, 1.165) is 40.6 Å². The van der Waals surface area contributed by atoms with Crippen LogP contribution in [0.15, 0.2) is 9.67 Å². The van der Waals surface area contributed by atoms with Crippen LogP contribution in [0.1, 0.15) is 39.5 Å². The molecule has 17 heavy (non-hydrogen) atoms. The van der Waals surface area contributed by atoms with Crippen molar-refractivity contribution in [1.29, 1.82) is 0 Å². The quantitative estimate of drug-likeness (QED) is 0.495. The SMILES string of the molecule is CCC[CH2][SnH]([CH2]CCC)/[C](=C/C(=O)O)C(=O)O. The third kappa shape index (κ3) is 7.41. The van der Waals surface area contributed by atoms with Crippen LogP contribution >= 0.6 is 0 Å². The molecular formula is C12H22O4Sn. The average Bonchev–Trinajstić information content (AvgIpc) is 2.26. The molecule has 2 N–H and O–H groups in total. The van der Waals surface area contributed by atoms with Gasteiger partial charge in [-0.3, -0.25) is 0 Å². The van der Waals surface area contributed by atoms with E-state index in [2.05, 4.69) is 13.8 Å². The average molecular weight is 349 g/mol. The Morgan fingerprint density at radius 1 is 1.06 bits per heavy atom.